The largest absolute Gasteiger partial charge is 0.496 e. The summed E-state index contributed by atoms with van der Waals surface area (Å²) in [6.07, 6.45) is 0. The Balaban J connectivity index is 2.40. The minimum Gasteiger partial charge on any atom is -0.496 e. The summed E-state index contributed by atoms with van der Waals surface area (Å²) in [7, 11) is 1.70. The lowest BCUT2D eigenvalue weighted by Crippen LogP contribution is -2.11. The van der Waals surface area contributed by atoms with Gasteiger partial charge in [0.15, 0.2) is 0 Å². The van der Waals surface area contributed by atoms with Crippen molar-refractivity contribution in [2.75, 3.05) is 7.11 Å². The molecule has 1 aromatic carbocycles. The second kappa shape index (κ2) is 5.59. The maximum absolute atomic E-state index is 6.32. The molecule has 0 aliphatic rings. The molecule has 1 heterocycles. The van der Waals surface area contributed by atoms with Crippen molar-refractivity contribution in [3.05, 3.63) is 48.7 Å². The average Bonchev–Trinajstić information content (AvgIpc) is 2.74. The van der Waals surface area contributed by atoms with Crippen molar-refractivity contribution in [1.29, 1.82) is 0 Å². The van der Waals surface area contributed by atoms with Gasteiger partial charge in [0.25, 0.3) is 0 Å². The van der Waals surface area contributed by atoms with Crippen LogP contribution in [0.25, 0.3) is 0 Å². The molecule has 0 radical (unpaired) electrons. The van der Waals surface area contributed by atoms with Crippen LogP contribution in [0, 0.1) is 16.7 Å². The van der Waals surface area contributed by atoms with E-state index in [4.69, 9.17) is 10.5 Å². The van der Waals surface area contributed by atoms with E-state index in [1.807, 2.05) is 0 Å². The Kier molecular flexibility index (Phi) is 4.29. The van der Waals surface area contributed by atoms with Gasteiger partial charge in [-0.3, -0.25) is 0 Å². The lowest BCUT2D eigenvalue weighted by Gasteiger charge is -2.15. The molecule has 18 heavy (non-hydrogen) atoms. The van der Waals surface area contributed by atoms with Crippen LogP contribution in [-0.4, -0.2) is 7.11 Å². The number of hydrogen-bond donors (Lipinski definition) is 1. The zero-order valence-electron chi connectivity index (χ0n) is 10.7. The van der Waals surface area contributed by atoms with Crippen molar-refractivity contribution in [2.45, 2.75) is 19.9 Å². The first kappa shape index (κ1) is 13.8. The number of halogens is 1. The molecule has 1 unspecified atom stereocenters. The third-order valence-electron chi connectivity index (χ3n) is 2.99. The summed E-state index contributed by atoms with van der Waals surface area (Å²) < 4.78 is 6.64. The fraction of sp³-hybridized carbons (Fsp3) is 0.286. The average molecular weight is 373 g/mol. The first-order valence-electron chi connectivity index (χ1n) is 5.67. The van der Waals surface area contributed by atoms with Crippen molar-refractivity contribution in [1.82, 2.24) is 0 Å². The highest BCUT2D eigenvalue weighted by Crippen LogP contribution is 2.30. The smallest absolute Gasteiger partial charge is 0.124 e. The van der Waals surface area contributed by atoms with Gasteiger partial charge in [-0.2, -0.15) is 0 Å². The van der Waals surface area contributed by atoms with Gasteiger partial charge in [0.2, 0.25) is 0 Å². The summed E-state index contributed by atoms with van der Waals surface area (Å²) >= 11 is 4.05. The molecule has 1 aromatic heterocycles. The fourth-order valence-corrected chi connectivity index (χ4v) is 3.57. The summed E-state index contributed by atoms with van der Waals surface area (Å²) in [5, 5.41) is 2.13. The van der Waals surface area contributed by atoms with Gasteiger partial charge in [-0.05, 0) is 70.1 Å². The zero-order valence-corrected chi connectivity index (χ0v) is 13.6. The molecule has 2 N–H and O–H groups in total. The molecule has 4 heteroatoms. The molecule has 0 amide bonds. The molecule has 0 saturated carbocycles. The molecule has 0 fully saturated rings. The number of nitrogens with two attached hydrogens (primary N) is 1. The quantitative estimate of drug-likeness (QED) is 0.825. The van der Waals surface area contributed by atoms with Crippen LogP contribution in [0.2, 0.25) is 0 Å². The van der Waals surface area contributed by atoms with Crippen molar-refractivity contribution in [3.63, 3.8) is 0 Å². The normalized spacial score (nSPS) is 12.5. The van der Waals surface area contributed by atoms with E-state index in [-0.39, 0.29) is 6.04 Å². The van der Waals surface area contributed by atoms with E-state index in [1.165, 1.54) is 8.45 Å². The molecular weight excluding hydrogens is 357 g/mol. The van der Waals surface area contributed by atoms with E-state index in [0.717, 1.165) is 22.4 Å². The number of methoxy groups -OCH3 is 1. The highest BCUT2D eigenvalue weighted by molar-refractivity contribution is 14.1. The summed E-state index contributed by atoms with van der Waals surface area (Å²) in [6, 6.07) is 6.31. The zero-order chi connectivity index (χ0) is 13.3. The van der Waals surface area contributed by atoms with Crippen LogP contribution < -0.4 is 10.5 Å². The highest BCUT2D eigenvalue weighted by Gasteiger charge is 2.14. The van der Waals surface area contributed by atoms with Crippen LogP contribution in [0.3, 0.4) is 0 Å². The van der Waals surface area contributed by atoms with Gasteiger partial charge in [-0.15, -0.1) is 11.3 Å². The van der Waals surface area contributed by atoms with Crippen molar-refractivity contribution in [3.8, 4) is 5.75 Å². The lowest BCUT2D eigenvalue weighted by molar-refractivity contribution is 0.408. The standard InChI is InChI=1S/C14H16INOS/c1-8-4-10(5-9(2)14(8)17-3)13(16)11-6-12(15)18-7-11/h4-7,13H,16H2,1-3H3. The summed E-state index contributed by atoms with van der Waals surface area (Å²) in [5.74, 6) is 0.950. The summed E-state index contributed by atoms with van der Waals surface area (Å²) in [5.41, 5.74) is 10.9. The molecule has 2 rings (SSSR count). The Morgan fingerprint density at radius 1 is 1.17 bits per heavy atom. The minimum atomic E-state index is -0.0620. The predicted octanol–water partition coefficient (Wildman–Crippen LogP) is 4.03. The summed E-state index contributed by atoms with van der Waals surface area (Å²) in [6.45, 7) is 4.11. The second-order valence-corrected chi connectivity index (χ2v) is 7.16. The number of hydrogen-bond acceptors (Lipinski definition) is 3. The number of benzene rings is 1. The molecule has 96 valence electrons. The Bertz CT molecular complexity index is 542. The summed E-state index contributed by atoms with van der Waals surface area (Å²) in [4.78, 5) is 0. The Labute approximate surface area is 125 Å². The monoisotopic (exact) mass is 373 g/mol. The molecular formula is C14H16INOS. The molecule has 0 aliphatic heterocycles. The lowest BCUT2D eigenvalue weighted by atomic mass is 9.97. The number of rotatable bonds is 3. The van der Waals surface area contributed by atoms with E-state index < -0.39 is 0 Å². The van der Waals surface area contributed by atoms with Crippen LogP contribution in [0.4, 0.5) is 0 Å². The molecule has 0 spiro atoms. The van der Waals surface area contributed by atoms with Crippen LogP contribution in [0.15, 0.2) is 23.6 Å². The van der Waals surface area contributed by atoms with Crippen LogP contribution >= 0.6 is 33.9 Å². The number of aryl methyl sites for hydroxylation is 2. The van der Waals surface area contributed by atoms with E-state index in [1.54, 1.807) is 18.4 Å². The van der Waals surface area contributed by atoms with Gasteiger partial charge >= 0.3 is 0 Å². The van der Waals surface area contributed by atoms with Gasteiger partial charge in [-0.1, -0.05) is 12.1 Å². The Morgan fingerprint density at radius 2 is 1.78 bits per heavy atom. The van der Waals surface area contributed by atoms with Gasteiger partial charge in [-0.25, -0.2) is 0 Å². The second-order valence-electron chi connectivity index (χ2n) is 4.35. The molecule has 1 atom stereocenters. The van der Waals surface area contributed by atoms with Gasteiger partial charge in [0.05, 0.1) is 16.0 Å². The van der Waals surface area contributed by atoms with Crippen LogP contribution in [0.1, 0.15) is 28.3 Å². The minimum absolute atomic E-state index is 0.0620. The van der Waals surface area contributed by atoms with Gasteiger partial charge in [0, 0.05) is 0 Å². The van der Waals surface area contributed by atoms with Crippen molar-refractivity contribution in [2.24, 2.45) is 5.73 Å². The maximum Gasteiger partial charge on any atom is 0.124 e. The topological polar surface area (TPSA) is 35.2 Å². The fourth-order valence-electron chi connectivity index (χ4n) is 2.16. The molecule has 0 bridgehead atoms. The first-order chi connectivity index (χ1) is 8.52. The van der Waals surface area contributed by atoms with Crippen molar-refractivity contribution >= 4 is 33.9 Å². The predicted molar refractivity (Wildman–Crippen MR) is 85.5 cm³/mol. The highest BCUT2D eigenvalue weighted by atomic mass is 127. The number of thiophene rings is 1. The third-order valence-corrected chi connectivity index (χ3v) is 4.80. The first-order valence-corrected chi connectivity index (χ1v) is 7.63. The van der Waals surface area contributed by atoms with Crippen LogP contribution in [-0.2, 0) is 0 Å². The van der Waals surface area contributed by atoms with Gasteiger partial charge < -0.3 is 10.5 Å². The Hall–Kier alpha value is -0.590. The Morgan fingerprint density at radius 3 is 2.22 bits per heavy atom. The van der Waals surface area contributed by atoms with E-state index >= 15 is 0 Å². The number of ether oxygens (including phenoxy) is 1. The molecule has 2 nitrogen and oxygen atoms in total. The van der Waals surface area contributed by atoms with Gasteiger partial charge in [0.1, 0.15) is 5.75 Å². The molecule has 2 aromatic rings. The molecule has 0 saturated heterocycles. The van der Waals surface area contributed by atoms with E-state index in [0.29, 0.717) is 0 Å². The third kappa shape index (κ3) is 2.70. The van der Waals surface area contributed by atoms with Crippen LogP contribution in [0.5, 0.6) is 5.75 Å². The van der Waals surface area contributed by atoms with E-state index in [2.05, 4.69) is 60.0 Å². The van der Waals surface area contributed by atoms with E-state index in [9.17, 15) is 0 Å². The SMILES string of the molecule is COc1c(C)cc(C(N)c2csc(I)c2)cc1C. The maximum atomic E-state index is 6.32. The molecule has 0 aliphatic carbocycles. The van der Waals surface area contributed by atoms with Crippen molar-refractivity contribution < 1.29 is 4.74 Å².